The minimum Gasteiger partial charge on any atom is -0.326 e. The summed E-state index contributed by atoms with van der Waals surface area (Å²) in [5.41, 5.74) is -0.964. The van der Waals surface area contributed by atoms with E-state index in [4.69, 9.17) is 0 Å². The van der Waals surface area contributed by atoms with Gasteiger partial charge in [-0.15, -0.1) is 0 Å². The van der Waals surface area contributed by atoms with Gasteiger partial charge in [-0.3, -0.25) is 4.79 Å². The Bertz CT molecular complexity index is 763. The largest absolute Gasteiger partial charge is 0.413 e. The highest BCUT2D eigenvalue weighted by molar-refractivity contribution is 9.10. The molecule has 1 amide bonds. The lowest BCUT2D eigenvalue weighted by Crippen LogP contribution is -2.45. The van der Waals surface area contributed by atoms with Gasteiger partial charge in [0.05, 0.1) is 16.9 Å². The molecule has 2 fully saturated rings. The summed E-state index contributed by atoms with van der Waals surface area (Å²) in [6, 6.07) is 3.72. The number of alkyl halides is 3. The lowest BCUT2D eigenvalue weighted by Gasteiger charge is -2.34. The number of amides is 1. The first-order valence-corrected chi connectivity index (χ1v) is 10.5. The standard InChI is InChI=1S/C16H17BrF3NO3S/c17-12-3-1-11(2-4-12)13(16(18,19)20)21-8-5-15(14(21)22)6-9-25(23,24)10-7-15/h1-4,13H,5-10H2/t13-/m0/s1. The van der Waals surface area contributed by atoms with E-state index in [9.17, 15) is 26.4 Å². The third-order valence-corrected chi connectivity index (χ3v) is 7.32. The molecular weight excluding hydrogens is 423 g/mol. The summed E-state index contributed by atoms with van der Waals surface area (Å²) < 4.78 is 65.0. The summed E-state index contributed by atoms with van der Waals surface area (Å²) in [4.78, 5) is 13.7. The van der Waals surface area contributed by atoms with E-state index in [0.717, 1.165) is 4.90 Å². The summed E-state index contributed by atoms with van der Waals surface area (Å²) >= 11 is 3.19. The SMILES string of the molecule is O=C1N([C@@H](c2ccc(Br)cc2)C(F)(F)F)CCC12CCS(=O)(=O)CC2. The van der Waals surface area contributed by atoms with Gasteiger partial charge in [0.25, 0.3) is 0 Å². The molecule has 0 saturated carbocycles. The smallest absolute Gasteiger partial charge is 0.326 e. The zero-order valence-electron chi connectivity index (χ0n) is 13.2. The summed E-state index contributed by atoms with van der Waals surface area (Å²) in [5, 5.41) is 0. The topological polar surface area (TPSA) is 54.5 Å². The summed E-state index contributed by atoms with van der Waals surface area (Å²) in [6.45, 7) is -0.0148. The number of halogens is 4. The molecule has 2 heterocycles. The Morgan fingerprint density at radius 3 is 2.16 bits per heavy atom. The Hall–Kier alpha value is -1.09. The number of carbonyl (C=O) groups is 1. The van der Waals surface area contributed by atoms with E-state index in [2.05, 4.69) is 15.9 Å². The van der Waals surface area contributed by atoms with E-state index >= 15 is 0 Å². The first-order valence-electron chi connectivity index (χ1n) is 7.88. The van der Waals surface area contributed by atoms with Crippen molar-refractivity contribution in [3.63, 3.8) is 0 Å². The minimum atomic E-state index is -4.60. The number of hydrogen-bond acceptors (Lipinski definition) is 3. The van der Waals surface area contributed by atoms with Gasteiger partial charge in [-0.05, 0) is 37.0 Å². The lowest BCUT2D eigenvalue weighted by molar-refractivity contribution is -0.190. The Kier molecular flexibility index (Phi) is 4.68. The van der Waals surface area contributed by atoms with Crippen LogP contribution in [0.4, 0.5) is 13.2 Å². The zero-order valence-corrected chi connectivity index (χ0v) is 15.6. The maximum atomic E-state index is 13.7. The van der Waals surface area contributed by atoms with E-state index in [1.54, 1.807) is 0 Å². The number of carbonyl (C=O) groups excluding carboxylic acids is 1. The molecule has 0 radical (unpaired) electrons. The minimum absolute atomic E-state index is 0.00420. The van der Waals surface area contributed by atoms with Gasteiger partial charge in [0.2, 0.25) is 5.91 Å². The molecule has 0 unspecified atom stereocenters. The zero-order chi connectivity index (χ0) is 18.5. The van der Waals surface area contributed by atoms with Crippen LogP contribution in [-0.4, -0.2) is 43.5 Å². The Morgan fingerprint density at radius 1 is 1.08 bits per heavy atom. The molecule has 1 aromatic rings. The van der Waals surface area contributed by atoms with Gasteiger partial charge in [0.15, 0.2) is 6.04 Å². The van der Waals surface area contributed by atoms with Crippen LogP contribution in [0.15, 0.2) is 28.7 Å². The second-order valence-corrected chi connectivity index (χ2v) is 9.90. The van der Waals surface area contributed by atoms with Crippen molar-refractivity contribution in [2.45, 2.75) is 31.5 Å². The molecule has 4 nitrogen and oxygen atoms in total. The highest BCUT2D eigenvalue weighted by Gasteiger charge is 2.56. The molecule has 1 spiro atoms. The second kappa shape index (κ2) is 6.26. The van der Waals surface area contributed by atoms with Crippen LogP contribution in [0.5, 0.6) is 0 Å². The Balaban J connectivity index is 1.91. The molecule has 25 heavy (non-hydrogen) atoms. The number of nitrogens with zero attached hydrogens (tertiary/aromatic N) is 1. The molecule has 0 aliphatic carbocycles. The monoisotopic (exact) mass is 439 g/mol. The van der Waals surface area contributed by atoms with Crippen LogP contribution in [-0.2, 0) is 14.6 Å². The molecule has 1 aromatic carbocycles. The van der Waals surface area contributed by atoms with Crippen LogP contribution in [0.2, 0.25) is 0 Å². The van der Waals surface area contributed by atoms with Gasteiger partial charge in [-0.2, -0.15) is 13.2 Å². The van der Waals surface area contributed by atoms with Crippen LogP contribution < -0.4 is 0 Å². The summed E-state index contributed by atoms with van der Waals surface area (Å²) in [6.07, 6.45) is -4.12. The molecule has 2 saturated heterocycles. The van der Waals surface area contributed by atoms with E-state index in [1.165, 1.54) is 24.3 Å². The molecule has 0 N–H and O–H groups in total. The predicted molar refractivity (Wildman–Crippen MR) is 89.6 cm³/mol. The number of hydrogen-bond donors (Lipinski definition) is 0. The highest BCUT2D eigenvalue weighted by atomic mass is 79.9. The molecule has 138 valence electrons. The third-order valence-electron chi connectivity index (χ3n) is 5.14. The van der Waals surface area contributed by atoms with Crippen LogP contribution >= 0.6 is 15.9 Å². The Labute approximate surface area is 152 Å². The average molecular weight is 440 g/mol. The van der Waals surface area contributed by atoms with Crippen molar-refractivity contribution in [1.82, 2.24) is 4.90 Å². The van der Waals surface area contributed by atoms with Crippen molar-refractivity contribution in [1.29, 1.82) is 0 Å². The first kappa shape index (κ1) is 18.7. The molecule has 3 rings (SSSR count). The maximum Gasteiger partial charge on any atom is 0.413 e. The van der Waals surface area contributed by atoms with Crippen molar-refractivity contribution in [2.24, 2.45) is 5.41 Å². The van der Waals surface area contributed by atoms with E-state index in [-0.39, 0.29) is 42.9 Å². The van der Waals surface area contributed by atoms with Crippen LogP contribution in [0.1, 0.15) is 30.9 Å². The molecular formula is C16H17BrF3NO3S. The van der Waals surface area contributed by atoms with Crippen LogP contribution in [0, 0.1) is 5.41 Å². The third kappa shape index (κ3) is 3.58. The van der Waals surface area contributed by atoms with Crippen molar-refractivity contribution < 1.29 is 26.4 Å². The fourth-order valence-electron chi connectivity index (χ4n) is 3.68. The lowest BCUT2D eigenvalue weighted by atomic mass is 9.80. The summed E-state index contributed by atoms with van der Waals surface area (Å²) in [7, 11) is -3.19. The van der Waals surface area contributed by atoms with Gasteiger partial charge in [0, 0.05) is 11.0 Å². The summed E-state index contributed by atoms with van der Waals surface area (Å²) in [5.74, 6) is -0.851. The van der Waals surface area contributed by atoms with Crippen molar-refractivity contribution in [2.75, 3.05) is 18.1 Å². The fraction of sp³-hybridized carbons (Fsp3) is 0.562. The average Bonchev–Trinajstić information content (AvgIpc) is 2.82. The van der Waals surface area contributed by atoms with E-state index < -0.39 is 33.4 Å². The van der Waals surface area contributed by atoms with Gasteiger partial charge in [-0.1, -0.05) is 28.1 Å². The molecule has 1 atom stereocenters. The fourth-order valence-corrected chi connectivity index (χ4v) is 5.55. The van der Waals surface area contributed by atoms with Gasteiger partial charge < -0.3 is 4.90 Å². The van der Waals surface area contributed by atoms with Crippen LogP contribution in [0.3, 0.4) is 0 Å². The van der Waals surface area contributed by atoms with E-state index in [0.29, 0.717) is 4.47 Å². The molecule has 2 aliphatic heterocycles. The second-order valence-electron chi connectivity index (χ2n) is 6.68. The number of rotatable bonds is 2. The van der Waals surface area contributed by atoms with Crippen molar-refractivity contribution in [3.8, 4) is 0 Å². The number of benzene rings is 1. The first-order chi connectivity index (χ1) is 11.5. The molecule has 2 aliphatic rings. The molecule has 9 heteroatoms. The van der Waals surface area contributed by atoms with E-state index in [1.807, 2.05) is 0 Å². The quantitative estimate of drug-likeness (QED) is 0.708. The Morgan fingerprint density at radius 2 is 1.64 bits per heavy atom. The van der Waals surface area contributed by atoms with Gasteiger partial charge in [-0.25, -0.2) is 8.42 Å². The van der Waals surface area contributed by atoms with Gasteiger partial charge >= 0.3 is 6.18 Å². The maximum absolute atomic E-state index is 13.7. The molecule has 0 aromatic heterocycles. The van der Waals surface area contributed by atoms with Crippen LogP contribution in [0.25, 0.3) is 0 Å². The predicted octanol–water partition coefficient (Wildman–Crippen LogP) is 3.48. The number of likely N-dealkylation sites (tertiary alicyclic amines) is 1. The van der Waals surface area contributed by atoms with Gasteiger partial charge in [0.1, 0.15) is 9.84 Å². The highest BCUT2D eigenvalue weighted by Crippen LogP contribution is 2.48. The van der Waals surface area contributed by atoms with Crippen molar-refractivity contribution in [3.05, 3.63) is 34.3 Å². The number of sulfone groups is 1. The van der Waals surface area contributed by atoms with Crippen molar-refractivity contribution >= 4 is 31.7 Å². The molecule has 0 bridgehead atoms. The normalized spacial score (nSPS) is 23.8.